The van der Waals surface area contributed by atoms with Gasteiger partial charge < -0.3 is 14.8 Å². The van der Waals surface area contributed by atoms with Crippen molar-refractivity contribution >= 4 is 11.6 Å². The van der Waals surface area contributed by atoms with Crippen LogP contribution in [0.1, 0.15) is 12.5 Å². The van der Waals surface area contributed by atoms with Crippen molar-refractivity contribution in [1.29, 1.82) is 0 Å². The van der Waals surface area contributed by atoms with Crippen LogP contribution in [-0.4, -0.2) is 20.8 Å². The van der Waals surface area contributed by atoms with E-state index in [2.05, 4.69) is 18.3 Å². The van der Waals surface area contributed by atoms with E-state index in [1.807, 2.05) is 30.3 Å². The van der Waals surface area contributed by atoms with Gasteiger partial charge in [0.15, 0.2) is 0 Å². The molecule has 2 aromatic rings. The zero-order valence-corrected chi connectivity index (χ0v) is 13.3. The molecule has 112 valence electrons. The van der Waals surface area contributed by atoms with Crippen molar-refractivity contribution in [3.05, 3.63) is 47.0 Å². The quantitative estimate of drug-likeness (QED) is 0.870. The molecule has 0 amide bonds. The number of methoxy groups -OCH3 is 2. The fraction of sp³-hybridized carbons (Fsp3) is 0.294. The molecule has 1 N–H and O–H groups in total. The minimum absolute atomic E-state index is 0.752. The summed E-state index contributed by atoms with van der Waals surface area (Å²) in [6, 6.07) is 11.8. The number of rotatable bonds is 6. The number of halogens is 1. The third-order valence-corrected chi connectivity index (χ3v) is 3.70. The van der Waals surface area contributed by atoms with Crippen molar-refractivity contribution in [3.8, 4) is 22.6 Å². The molecule has 0 unspecified atom stereocenters. The summed E-state index contributed by atoms with van der Waals surface area (Å²) in [7, 11) is 3.30. The van der Waals surface area contributed by atoms with E-state index in [0.717, 1.165) is 46.3 Å². The minimum Gasteiger partial charge on any atom is -0.497 e. The molecule has 3 nitrogen and oxygen atoms in total. The molecule has 0 spiro atoms. The molecular weight excluding hydrogens is 286 g/mol. The molecule has 0 aliphatic heterocycles. The Morgan fingerprint density at radius 2 is 1.86 bits per heavy atom. The van der Waals surface area contributed by atoms with Crippen LogP contribution in [0.5, 0.6) is 11.5 Å². The molecule has 0 saturated carbocycles. The average molecular weight is 306 g/mol. The Kier molecular flexibility index (Phi) is 5.48. The number of benzene rings is 2. The topological polar surface area (TPSA) is 30.5 Å². The molecule has 2 aromatic carbocycles. The first-order chi connectivity index (χ1) is 10.2. The third-order valence-electron chi connectivity index (χ3n) is 3.33. The van der Waals surface area contributed by atoms with Crippen molar-refractivity contribution in [2.24, 2.45) is 0 Å². The van der Waals surface area contributed by atoms with Gasteiger partial charge in [-0.2, -0.15) is 0 Å². The zero-order valence-electron chi connectivity index (χ0n) is 12.6. The highest BCUT2D eigenvalue weighted by Crippen LogP contribution is 2.34. The van der Waals surface area contributed by atoms with E-state index in [-0.39, 0.29) is 0 Å². The Morgan fingerprint density at radius 3 is 2.52 bits per heavy atom. The predicted octanol–water partition coefficient (Wildman–Crippen LogP) is 4.13. The summed E-state index contributed by atoms with van der Waals surface area (Å²) >= 11 is 6.25. The average Bonchev–Trinajstić information content (AvgIpc) is 2.53. The van der Waals surface area contributed by atoms with Gasteiger partial charge in [-0.05, 0) is 41.9 Å². The summed E-state index contributed by atoms with van der Waals surface area (Å²) in [5.41, 5.74) is 3.17. The molecule has 4 heteroatoms. The fourth-order valence-corrected chi connectivity index (χ4v) is 2.36. The van der Waals surface area contributed by atoms with Crippen molar-refractivity contribution in [2.75, 3.05) is 20.8 Å². The minimum atomic E-state index is 0.752. The predicted molar refractivity (Wildman–Crippen MR) is 87.4 cm³/mol. The maximum absolute atomic E-state index is 6.25. The second kappa shape index (κ2) is 7.34. The smallest absolute Gasteiger partial charge is 0.130 e. The number of ether oxygens (including phenoxy) is 2. The normalized spacial score (nSPS) is 10.5. The van der Waals surface area contributed by atoms with Crippen LogP contribution in [-0.2, 0) is 6.54 Å². The van der Waals surface area contributed by atoms with Crippen LogP contribution in [0.4, 0.5) is 0 Å². The van der Waals surface area contributed by atoms with Crippen LogP contribution in [0.15, 0.2) is 36.4 Å². The van der Waals surface area contributed by atoms with Gasteiger partial charge in [-0.3, -0.25) is 0 Å². The Balaban J connectivity index is 2.41. The standard InChI is InChI=1S/C17H20ClNO2/c1-4-19-11-13-9-12(5-8-16(13)18)15-7-6-14(20-2)10-17(15)21-3/h5-10,19H,4,11H2,1-3H3. The fourth-order valence-electron chi connectivity index (χ4n) is 2.17. The Labute approximate surface area is 130 Å². The van der Waals surface area contributed by atoms with E-state index in [0.29, 0.717) is 0 Å². The van der Waals surface area contributed by atoms with Crippen LogP contribution in [0.2, 0.25) is 5.02 Å². The summed E-state index contributed by atoms with van der Waals surface area (Å²) in [5.74, 6) is 1.56. The maximum Gasteiger partial charge on any atom is 0.130 e. The second-order valence-electron chi connectivity index (χ2n) is 4.65. The molecule has 0 atom stereocenters. The lowest BCUT2D eigenvalue weighted by Gasteiger charge is -2.13. The molecule has 0 aliphatic rings. The van der Waals surface area contributed by atoms with E-state index in [9.17, 15) is 0 Å². The molecule has 0 heterocycles. The number of hydrogen-bond acceptors (Lipinski definition) is 3. The monoisotopic (exact) mass is 305 g/mol. The highest BCUT2D eigenvalue weighted by molar-refractivity contribution is 6.31. The number of hydrogen-bond donors (Lipinski definition) is 1. The highest BCUT2D eigenvalue weighted by Gasteiger charge is 2.09. The van der Waals surface area contributed by atoms with Gasteiger partial charge in [0.05, 0.1) is 14.2 Å². The van der Waals surface area contributed by atoms with Crippen molar-refractivity contribution in [1.82, 2.24) is 5.32 Å². The van der Waals surface area contributed by atoms with Crippen LogP contribution in [0.3, 0.4) is 0 Å². The van der Waals surface area contributed by atoms with Crippen molar-refractivity contribution in [2.45, 2.75) is 13.5 Å². The lowest BCUT2D eigenvalue weighted by atomic mass is 10.0. The van der Waals surface area contributed by atoms with Crippen molar-refractivity contribution in [3.63, 3.8) is 0 Å². The van der Waals surface area contributed by atoms with Gasteiger partial charge >= 0.3 is 0 Å². The Hall–Kier alpha value is -1.71. The molecule has 0 aliphatic carbocycles. The third kappa shape index (κ3) is 3.69. The molecular formula is C17H20ClNO2. The lowest BCUT2D eigenvalue weighted by Crippen LogP contribution is -2.12. The summed E-state index contributed by atoms with van der Waals surface area (Å²) in [6.07, 6.45) is 0. The van der Waals surface area contributed by atoms with Crippen LogP contribution in [0.25, 0.3) is 11.1 Å². The largest absolute Gasteiger partial charge is 0.497 e. The lowest BCUT2D eigenvalue weighted by molar-refractivity contribution is 0.395. The van der Waals surface area contributed by atoms with E-state index < -0.39 is 0 Å². The maximum atomic E-state index is 6.25. The summed E-state index contributed by atoms with van der Waals surface area (Å²) in [6.45, 7) is 3.73. The van der Waals surface area contributed by atoms with Crippen LogP contribution in [0, 0.1) is 0 Å². The molecule has 0 aromatic heterocycles. The van der Waals surface area contributed by atoms with Gasteiger partial charge in [-0.1, -0.05) is 24.6 Å². The highest BCUT2D eigenvalue weighted by atomic mass is 35.5. The van der Waals surface area contributed by atoms with E-state index in [1.165, 1.54) is 0 Å². The van der Waals surface area contributed by atoms with Gasteiger partial charge in [0, 0.05) is 23.2 Å². The molecule has 2 rings (SSSR count). The Bertz CT molecular complexity index is 614. The zero-order chi connectivity index (χ0) is 15.2. The van der Waals surface area contributed by atoms with E-state index >= 15 is 0 Å². The van der Waals surface area contributed by atoms with Gasteiger partial charge in [0.25, 0.3) is 0 Å². The second-order valence-corrected chi connectivity index (χ2v) is 5.06. The molecule has 0 bridgehead atoms. The SMILES string of the molecule is CCNCc1cc(-c2ccc(OC)cc2OC)ccc1Cl. The summed E-state index contributed by atoms with van der Waals surface area (Å²) in [4.78, 5) is 0. The van der Waals surface area contributed by atoms with E-state index in [1.54, 1.807) is 14.2 Å². The summed E-state index contributed by atoms with van der Waals surface area (Å²) < 4.78 is 10.7. The first-order valence-electron chi connectivity index (χ1n) is 6.91. The van der Waals surface area contributed by atoms with Gasteiger partial charge in [0.1, 0.15) is 11.5 Å². The molecule has 0 saturated heterocycles. The van der Waals surface area contributed by atoms with Gasteiger partial charge in [-0.15, -0.1) is 0 Å². The molecule has 21 heavy (non-hydrogen) atoms. The first kappa shape index (κ1) is 15.7. The van der Waals surface area contributed by atoms with E-state index in [4.69, 9.17) is 21.1 Å². The molecule has 0 fully saturated rings. The van der Waals surface area contributed by atoms with Crippen LogP contribution >= 0.6 is 11.6 Å². The Morgan fingerprint density at radius 1 is 1.05 bits per heavy atom. The van der Waals surface area contributed by atoms with Crippen LogP contribution < -0.4 is 14.8 Å². The summed E-state index contributed by atoms with van der Waals surface area (Å²) in [5, 5.41) is 4.07. The van der Waals surface area contributed by atoms with Gasteiger partial charge in [-0.25, -0.2) is 0 Å². The number of nitrogens with one attached hydrogen (secondary N) is 1. The molecule has 0 radical (unpaired) electrons. The van der Waals surface area contributed by atoms with Crippen molar-refractivity contribution < 1.29 is 9.47 Å². The first-order valence-corrected chi connectivity index (χ1v) is 7.29. The van der Waals surface area contributed by atoms with Gasteiger partial charge in [0.2, 0.25) is 0 Å².